The molecule has 1 aliphatic rings. The monoisotopic (exact) mass is 436 g/mol. The number of amides is 1. The second-order valence-corrected chi connectivity index (χ2v) is 6.89. The largest absolute Gasteiger partial charge is 0.493 e. The fraction of sp³-hybridized carbons (Fsp3) is 0.368. The van der Waals surface area contributed by atoms with Crippen molar-refractivity contribution in [2.75, 3.05) is 34.4 Å². The Hall–Kier alpha value is -2.48. The number of rotatable bonds is 6. The van der Waals surface area contributed by atoms with Crippen LogP contribution in [0.1, 0.15) is 16.8 Å². The van der Waals surface area contributed by atoms with Crippen molar-refractivity contribution < 1.29 is 23.7 Å². The molecule has 1 atom stereocenters. The lowest BCUT2D eigenvalue weighted by molar-refractivity contribution is 0.0767. The minimum absolute atomic E-state index is 0.103. The van der Waals surface area contributed by atoms with Gasteiger partial charge in [0.25, 0.3) is 5.91 Å². The Morgan fingerprint density at radius 1 is 1.11 bits per heavy atom. The van der Waals surface area contributed by atoms with Crippen LogP contribution < -0.4 is 18.9 Å². The second kappa shape index (κ2) is 8.47. The smallest absolute Gasteiger partial charge is 0.257 e. The van der Waals surface area contributed by atoms with E-state index in [1.54, 1.807) is 29.3 Å². The first-order valence-corrected chi connectivity index (χ1v) is 9.23. The minimum atomic E-state index is -0.136. The van der Waals surface area contributed by atoms with E-state index in [1.807, 2.05) is 6.07 Å². The number of carbonyl (C=O) groups excluding carboxylic acids is 1. The maximum absolute atomic E-state index is 13.0. The molecule has 1 amide bonds. The van der Waals surface area contributed by atoms with E-state index in [1.165, 1.54) is 21.3 Å². The van der Waals surface area contributed by atoms with E-state index in [4.69, 9.17) is 18.9 Å². The van der Waals surface area contributed by atoms with Crippen LogP contribution in [0, 0.1) is 0 Å². The quantitative estimate of drug-likeness (QED) is 0.692. The maximum Gasteiger partial charge on any atom is 0.257 e. The fourth-order valence-corrected chi connectivity index (χ4v) is 3.29. The molecule has 2 aromatic rings. The summed E-state index contributed by atoms with van der Waals surface area (Å²) >= 11 is 3.35. The molecule has 3 rings (SSSR count). The van der Waals surface area contributed by atoms with Gasteiger partial charge in [-0.25, -0.2) is 4.98 Å². The molecule has 0 aliphatic carbocycles. The van der Waals surface area contributed by atoms with Crippen LogP contribution in [-0.4, -0.2) is 56.3 Å². The van der Waals surface area contributed by atoms with Crippen molar-refractivity contribution in [3.05, 3.63) is 40.5 Å². The molecule has 0 N–H and O–H groups in total. The van der Waals surface area contributed by atoms with Gasteiger partial charge in [-0.2, -0.15) is 0 Å². The predicted octanol–water partition coefficient (Wildman–Crippen LogP) is 3.16. The number of hydrogen-bond acceptors (Lipinski definition) is 6. The number of benzene rings is 1. The molecule has 1 aromatic carbocycles. The minimum Gasteiger partial charge on any atom is -0.493 e. The Bertz CT molecular complexity index is 812. The number of aromatic nitrogens is 1. The topological polar surface area (TPSA) is 70.1 Å². The summed E-state index contributed by atoms with van der Waals surface area (Å²) in [6, 6.07) is 7.05. The van der Waals surface area contributed by atoms with Crippen molar-refractivity contribution >= 4 is 21.8 Å². The first kappa shape index (κ1) is 19.3. The van der Waals surface area contributed by atoms with Gasteiger partial charge in [0, 0.05) is 29.7 Å². The van der Waals surface area contributed by atoms with E-state index < -0.39 is 0 Å². The highest BCUT2D eigenvalue weighted by atomic mass is 79.9. The van der Waals surface area contributed by atoms with Gasteiger partial charge in [0.1, 0.15) is 6.10 Å². The lowest BCUT2D eigenvalue weighted by atomic mass is 10.1. The second-order valence-electron chi connectivity index (χ2n) is 5.98. The number of likely N-dealkylation sites (tertiary alicyclic amines) is 1. The van der Waals surface area contributed by atoms with Crippen LogP contribution in [0.25, 0.3) is 0 Å². The Labute approximate surface area is 166 Å². The van der Waals surface area contributed by atoms with Crippen molar-refractivity contribution in [3.63, 3.8) is 0 Å². The van der Waals surface area contributed by atoms with E-state index in [0.717, 1.165) is 10.9 Å². The maximum atomic E-state index is 13.0. The molecule has 1 fully saturated rings. The summed E-state index contributed by atoms with van der Waals surface area (Å²) in [5.74, 6) is 1.68. The molecule has 1 saturated heterocycles. The normalized spacial score (nSPS) is 16.1. The molecular weight excluding hydrogens is 416 g/mol. The molecule has 0 unspecified atom stereocenters. The zero-order valence-corrected chi connectivity index (χ0v) is 17.0. The number of methoxy groups -OCH3 is 3. The van der Waals surface area contributed by atoms with Crippen molar-refractivity contribution in [2.24, 2.45) is 0 Å². The van der Waals surface area contributed by atoms with Gasteiger partial charge >= 0.3 is 0 Å². The number of ether oxygens (including phenoxy) is 4. The predicted molar refractivity (Wildman–Crippen MR) is 103 cm³/mol. The number of nitrogens with zero attached hydrogens (tertiary/aromatic N) is 2. The van der Waals surface area contributed by atoms with Gasteiger partial charge in [-0.1, -0.05) is 0 Å². The number of hydrogen-bond donors (Lipinski definition) is 0. The molecule has 0 radical (unpaired) electrons. The highest BCUT2D eigenvalue weighted by Crippen LogP contribution is 2.40. The van der Waals surface area contributed by atoms with E-state index in [2.05, 4.69) is 20.9 Å². The third-order valence-corrected chi connectivity index (χ3v) is 4.82. The van der Waals surface area contributed by atoms with Crippen LogP contribution in [0.3, 0.4) is 0 Å². The molecule has 0 saturated carbocycles. The lowest BCUT2D eigenvalue weighted by Gasteiger charge is -2.20. The van der Waals surface area contributed by atoms with Crippen LogP contribution in [0.15, 0.2) is 34.9 Å². The van der Waals surface area contributed by atoms with Gasteiger partial charge in [-0.05, 0) is 34.1 Å². The molecule has 144 valence electrons. The zero-order valence-electron chi connectivity index (χ0n) is 15.4. The highest BCUT2D eigenvalue weighted by molar-refractivity contribution is 9.10. The van der Waals surface area contributed by atoms with E-state index in [9.17, 15) is 4.79 Å². The molecule has 1 aromatic heterocycles. The van der Waals surface area contributed by atoms with Crippen LogP contribution in [0.2, 0.25) is 0 Å². The molecule has 8 heteroatoms. The third-order valence-electron chi connectivity index (χ3n) is 4.35. The van der Waals surface area contributed by atoms with Gasteiger partial charge in [0.2, 0.25) is 11.6 Å². The Morgan fingerprint density at radius 3 is 2.52 bits per heavy atom. The molecule has 1 aliphatic heterocycles. The Morgan fingerprint density at radius 2 is 1.89 bits per heavy atom. The first-order chi connectivity index (χ1) is 13.1. The van der Waals surface area contributed by atoms with E-state index in [-0.39, 0.29) is 12.0 Å². The molecule has 0 spiro atoms. The van der Waals surface area contributed by atoms with Gasteiger partial charge in [-0.15, -0.1) is 0 Å². The Balaban J connectivity index is 1.74. The number of halogens is 1. The molecule has 0 bridgehead atoms. The van der Waals surface area contributed by atoms with Crippen LogP contribution in [-0.2, 0) is 0 Å². The summed E-state index contributed by atoms with van der Waals surface area (Å²) in [6.45, 7) is 1.08. The summed E-state index contributed by atoms with van der Waals surface area (Å²) in [5.41, 5.74) is 0.428. The van der Waals surface area contributed by atoms with Crippen molar-refractivity contribution in [3.8, 4) is 23.1 Å². The van der Waals surface area contributed by atoms with Gasteiger partial charge in [0.05, 0.1) is 33.4 Å². The SMILES string of the molecule is COc1ccc(C(=O)N2CC[C@@H](Oc3ccc(Br)cn3)C2)c(OC)c1OC. The van der Waals surface area contributed by atoms with Crippen molar-refractivity contribution in [1.29, 1.82) is 0 Å². The molecule has 7 nitrogen and oxygen atoms in total. The lowest BCUT2D eigenvalue weighted by Crippen LogP contribution is -2.31. The van der Waals surface area contributed by atoms with Crippen LogP contribution in [0.5, 0.6) is 23.1 Å². The van der Waals surface area contributed by atoms with Crippen molar-refractivity contribution in [2.45, 2.75) is 12.5 Å². The van der Waals surface area contributed by atoms with Gasteiger partial charge in [0.15, 0.2) is 11.5 Å². The third kappa shape index (κ3) is 4.10. The summed E-state index contributed by atoms with van der Waals surface area (Å²) in [7, 11) is 4.56. The zero-order chi connectivity index (χ0) is 19.4. The summed E-state index contributed by atoms with van der Waals surface area (Å²) < 4.78 is 22.8. The fourth-order valence-electron chi connectivity index (χ4n) is 3.05. The standard InChI is InChI=1S/C19H21BrN2O5/c1-24-15-6-5-14(17(25-2)18(15)26-3)19(23)22-9-8-13(11-22)27-16-7-4-12(20)10-21-16/h4-7,10,13H,8-9,11H2,1-3H3/t13-/m1/s1. The van der Waals surface area contributed by atoms with Gasteiger partial charge in [-0.3, -0.25) is 4.79 Å². The first-order valence-electron chi connectivity index (χ1n) is 8.43. The summed E-state index contributed by atoms with van der Waals surface area (Å²) in [6.07, 6.45) is 2.31. The summed E-state index contributed by atoms with van der Waals surface area (Å²) in [4.78, 5) is 19.0. The average molecular weight is 437 g/mol. The summed E-state index contributed by atoms with van der Waals surface area (Å²) in [5, 5.41) is 0. The van der Waals surface area contributed by atoms with E-state index in [0.29, 0.717) is 41.8 Å². The molecule has 27 heavy (non-hydrogen) atoms. The molecular formula is C19H21BrN2O5. The Kier molecular flexibility index (Phi) is 6.05. The highest BCUT2D eigenvalue weighted by Gasteiger charge is 2.31. The van der Waals surface area contributed by atoms with Crippen LogP contribution in [0.4, 0.5) is 0 Å². The van der Waals surface area contributed by atoms with Crippen molar-refractivity contribution in [1.82, 2.24) is 9.88 Å². The molecule has 2 heterocycles. The average Bonchev–Trinajstić information content (AvgIpc) is 3.16. The van der Waals surface area contributed by atoms with Crippen LogP contribution >= 0.6 is 15.9 Å². The van der Waals surface area contributed by atoms with E-state index >= 15 is 0 Å². The number of pyridine rings is 1. The number of carbonyl (C=O) groups is 1. The van der Waals surface area contributed by atoms with Gasteiger partial charge < -0.3 is 23.8 Å².